The molecule has 1 fully saturated rings. The van der Waals surface area contributed by atoms with Crippen molar-refractivity contribution >= 4 is 23.2 Å². The van der Waals surface area contributed by atoms with Crippen LogP contribution in [0.5, 0.6) is 0 Å². The molecule has 1 N–H and O–H groups in total. The van der Waals surface area contributed by atoms with Gasteiger partial charge in [-0.05, 0) is 43.7 Å². The maximum atomic E-state index is 6.19. The van der Waals surface area contributed by atoms with Crippen molar-refractivity contribution in [3.05, 3.63) is 33.8 Å². The lowest BCUT2D eigenvalue weighted by molar-refractivity contribution is 0.0808. The van der Waals surface area contributed by atoms with Gasteiger partial charge in [-0.15, -0.1) is 0 Å². The van der Waals surface area contributed by atoms with Crippen LogP contribution in [0.1, 0.15) is 24.4 Å². The molecule has 1 heterocycles. The Labute approximate surface area is 106 Å². The summed E-state index contributed by atoms with van der Waals surface area (Å²) in [5.41, 5.74) is 1.02. The molecule has 0 radical (unpaired) electrons. The van der Waals surface area contributed by atoms with Crippen LogP contribution < -0.4 is 5.32 Å². The Hall–Kier alpha value is -0.280. The van der Waals surface area contributed by atoms with Crippen molar-refractivity contribution in [2.75, 3.05) is 13.7 Å². The van der Waals surface area contributed by atoms with Gasteiger partial charge in [-0.1, -0.05) is 23.2 Å². The minimum atomic E-state index is 0.119. The number of likely N-dealkylation sites (N-methyl/N-ethyl adjacent to an activating group) is 1. The van der Waals surface area contributed by atoms with Crippen LogP contribution in [0.15, 0.2) is 18.2 Å². The van der Waals surface area contributed by atoms with E-state index in [-0.39, 0.29) is 12.1 Å². The molecule has 1 aromatic rings. The highest BCUT2D eigenvalue weighted by molar-refractivity contribution is 6.33. The standard InChI is InChI=1S/C12H15Cl2NO/c1-15-12(11-3-2-6-16-11)9-7-8(13)4-5-10(9)14/h4-5,7,11-12,15H,2-3,6H2,1H3. The third kappa shape index (κ3) is 2.51. The second-order valence-corrected chi connectivity index (χ2v) is 4.83. The van der Waals surface area contributed by atoms with Crippen LogP contribution in [0.3, 0.4) is 0 Å². The highest BCUT2D eigenvalue weighted by Gasteiger charge is 2.27. The molecular weight excluding hydrogens is 245 g/mol. The number of rotatable bonds is 3. The van der Waals surface area contributed by atoms with E-state index >= 15 is 0 Å². The van der Waals surface area contributed by atoms with E-state index in [9.17, 15) is 0 Å². The SMILES string of the molecule is CNC(c1cc(Cl)ccc1Cl)C1CCCO1. The van der Waals surface area contributed by atoms with Crippen LogP contribution >= 0.6 is 23.2 Å². The average molecular weight is 260 g/mol. The molecule has 0 amide bonds. The molecule has 2 nitrogen and oxygen atoms in total. The second-order valence-electron chi connectivity index (χ2n) is 3.98. The predicted octanol–water partition coefficient (Wildman–Crippen LogP) is 3.43. The third-order valence-corrected chi connectivity index (χ3v) is 3.52. The molecule has 0 spiro atoms. The summed E-state index contributed by atoms with van der Waals surface area (Å²) in [6.45, 7) is 0.834. The van der Waals surface area contributed by atoms with E-state index in [0.29, 0.717) is 5.02 Å². The van der Waals surface area contributed by atoms with Crippen LogP contribution in [-0.2, 0) is 4.74 Å². The molecule has 2 atom stereocenters. The lowest BCUT2D eigenvalue weighted by Crippen LogP contribution is -2.29. The molecule has 1 aliphatic rings. The molecule has 1 aliphatic heterocycles. The maximum Gasteiger partial charge on any atom is 0.0771 e. The topological polar surface area (TPSA) is 21.3 Å². The predicted molar refractivity (Wildman–Crippen MR) is 67.2 cm³/mol. The molecular formula is C12H15Cl2NO. The van der Waals surface area contributed by atoms with Gasteiger partial charge in [0, 0.05) is 16.7 Å². The number of halogens is 2. The molecule has 0 aliphatic carbocycles. The van der Waals surface area contributed by atoms with Gasteiger partial charge >= 0.3 is 0 Å². The Morgan fingerprint density at radius 2 is 2.25 bits per heavy atom. The fourth-order valence-corrected chi connectivity index (χ4v) is 2.58. The molecule has 0 bridgehead atoms. The van der Waals surface area contributed by atoms with Gasteiger partial charge in [-0.3, -0.25) is 0 Å². The highest BCUT2D eigenvalue weighted by atomic mass is 35.5. The summed E-state index contributed by atoms with van der Waals surface area (Å²) >= 11 is 12.2. The zero-order valence-corrected chi connectivity index (χ0v) is 10.7. The van der Waals surface area contributed by atoms with Crippen LogP contribution in [0.4, 0.5) is 0 Å². The van der Waals surface area contributed by atoms with E-state index in [1.807, 2.05) is 19.2 Å². The summed E-state index contributed by atoms with van der Waals surface area (Å²) in [6.07, 6.45) is 2.37. The molecule has 88 valence electrons. The first kappa shape index (κ1) is 12.2. The molecule has 4 heteroatoms. The van der Waals surface area contributed by atoms with Crippen molar-refractivity contribution in [3.8, 4) is 0 Å². The fraction of sp³-hybridized carbons (Fsp3) is 0.500. The van der Waals surface area contributed by atoms with Gasteiger partial charge in [-0.2, -0.15) is 0 Å². The lowest BCUT2D eigenvalue weighted by Gasteiger charge is -2.24. The Balaban J connectivity index is 2.28. The zero-order valence-electron chi connectivity index (χ0n) is 9.17. The van der Waals surface area contributed by atoms with E-state index < -0.39 is 0 Å². The van der Waals surface area contributed by atoms with Crippen LogP contribution in [0.25, 0.3) is 0 Å². The van der Waals surface area contributed by atoms with Gasteiger partial charge in [0.1, 0.15) is 0 Å². The normalized spacial score (nSPS) is 22.3. The van der Waals surface area contributed by atoms with E-state index in [1.165, 1.54) is 0 Å². The smallest absolute Gasteiger partial charge is 0.0771 e. The largest absolute Gasteiger partial charge is 0.376 e. The molecule has 16 heavy (non-hydrogen) atoms. The first-order valence-electron chi connectivity index (χ1n) is 5.46. The van der Waals surface area contributed by atoms with E-state index in [4.69, 9.17) is 27.9 Å². The molecule has 0 saturated carbocycles. The minimum absolute atomic E-state index is 0.119. The first-order chi connectivity index (χ1) is 7.72. The Morgan fingerprint density at radius 3 is 2.88 bits per heavy atom. The number of benzene rings is 1. The number of ether oxygens (including phenoxy) is 1. The van der Waals surface area contributed by atoms with Crippen molar-refractivity contribution in [1.29, 1.82) is 0 Å². The van der Waals surface area contributed by atoms with E-state index in [2.05, 4.69) is 5.32 Å². The van der Waals surface area contributed by atoms with Gasteiger partial charge in [-0.25, -0.2) is 0 Å². The second kappa shape index (κ2) is 5.37. The Kier molecular flexibility index (Phi) is 4.09. The van der Waals surface area contributed by atoms with Crippen molar-refractivity contribution in [2.24, 2.45) is 0 Å². The summed E-state index contributed by atoms with van der Waals surface area (Å²) in [5, 5.41) is 4.70. The lowest BCUT2D eigenvalue weighted by atomic mass is 9.99. The van der Waals surface area contributed by atoms with Crippen molar-refractivity contribution in [3.63, 3.8) is 0 Å². The van der Waals surface area contributed by atoms with Gasteiger partial charge in [0.25, 0.3) is 0 Å². The third-order valence-electron chi connectivity index (χ3n) is 2.94. The first-order valence-corrected chi connectivity index (χ1v) is 6.22. The van der Waals surface area contributed by atoms with E-state index in [0.717, 1.165) is 30.0 Å². The number of hydrogen-bond acceptors (Lipinski definition) is 2. The molecule has 2 unspecified atom stereocenters. The summed E-state index contributed by atoms with van der Waals surface area (Å²) in [4.78, 5) is 0. The monoisotopic (exact) mass is 259 g/mol. The number of nitrogens with one attached hydrogen (secondary N) is 1. The molecule has 1 aromatic carbocycles. The zero-order chi connectivity index (χ0) is 11.5. The van der Waals surface area contributed by atoms with Gasteiger partial charge in [0.2, 0.25) is 0 Å². The molecule has 1 saturated heterocycles. The van der Waals surface area contributed by atoms with E-state index in [1.54, 1.807) is 6.07 Å². The average Bonchev–Trinajstić information content (AvgIpc) is 2.78. The van der Waals surface area contributed by atoms with Crippen molar-refractivity contribution in [2.45, 2.75) is 25.0 Å². The Bertz CT molecular complexity index is 364. The van der Waals surface area contributed by atoms with Crippen LogP contribution in [0, 0.1) is 0 Å². The van der Waals surface area contributed by atoms with Gasteiger partial charge in [0.15, 0.2) is 0 Å². The quantitative estimate of drug-likeness (QED) is 0.898. The molecule has 2 rings (SSSR count). The van der Waals surface area contributed by atoms with Crippen molar-refractivity contribution < 1.29 is 4.74 Å². The summed E-state index contributed by atoms with van der Waals surface area (Å²) in [7, 11) is 1.92. The fourth-order valence-electron chi connectivity index (χ4n) is 2.16. The van der Waals surface area contributed by atoms with Gasteiger partial charge in [0.05, 0.1) is 12.1 Å². The number of hydrogen-bond donors (Lipinski definition) is 1. The summed E-state index contributed by atoms with van der Waals surface area (Å²) < 4.78 is 5.69. The molecule has 0 aromatic heterocycles. The maximum absolute atomic E-state index is 6.19. The van der Waals surface area contributed by atoms with Crippen LogP contribution in [0.2, 0.25) is 10.0 Å². The highest BCUT2D eigenvalue weighted by Crippen LogP contribution is 2.32. The van der Waals surface area contributed by atoms with Crippen LogP contribution in [-0.4, -0.2) is 19.8 Å². The van der Waals surface area contributed by atoms with Crippen molar-refractivity contribution in [1.82, 2.24) is 5.32 Å². The minimum Gasteiger partial charge on any atom is -0.376 e. The summed E-state index contributed by atoms with van der Waals surface area (Å²) in [6, 6.07) is 5.66. The Morgan fingerprint density at radius 1 is 1.44 bits per heavy atom. The summed E-state index contributed by atoms with van der Waals surface area (Å²) in [5.74, 6) is 0. The van der Waals surface area contributed by atoms with Gasteiger partial charge < -0.3 is 10.1 Å².